The van der Waals surface area contributed by atoms with Crippen LogP contribution in [0.5, 0.6) is 0 Å². The van der Waals surface area contributed by atoms with Crippen molar-refractivity contribution < 1.29 is 18.6 Å². The van der Waals surface area contributed by atoms with Gasteiger partial charge in [-0.2, -0.15) is 0 Å². The van der Waals surface area contributed by atoms with E-state index >= 15 is 0 Å². The van der Waals surface area contributed by atoms with Crippen LogP contribution in [-0.4, -0.2) is 39.5 Å². The average molecular weight is 380 g/mol. The molecule has 2 aromatic carbocycles. The molecular weight excluding hydrogens is 354 g/mol. The molecule has 2 aromatic rings. The second kappa shape index (κ2) is 8.78. The van der Waals surface area contributed by atoms with Gasteiger partial charge in [0.05, 0.1) is 13.2 Å². The number of nitrogens with two attached hydrogens (primary N) is 2. The zero-order valence-electron chi connectivity index (χ0n) is 16.0. The zero-order chi connectivity index (χ0) is 19.4. The monoisotopic (exact) mass is 380 g/mol. The summed E-state index contributed by atoms with van der Waals surface area (Å²) in [5.74, 6) is 0. The van der Waals surface area contributed by atoms with Crippen molar-refractivity contribution in [2.45, 2.75) is 31.6 Å². The first-order chi connectivity index (χ1) is 13.7. The summed E-state index contributed by atoms with van der Waals surface area (Å²) in [5, 5.41) is 0. The summed E-state index contributed by atoms with van der Waals surface area (Å²) in [6, 6.07) is 16.2. The Hall–Kier alpha value is -1.67. The van der Waals surface area contributed by atoms with Crippen molar-refractivity contribution in [2.24, 2.45) is 11.5 Å². The Bertz CT molecular complexity index is 746. The van der Waals surface area contributed by atoms with Gasteiger partial charge in [-0.25, -0.2) is 0 Å². The van der Waals surface area contributed by atoms with Gasteiger partial charge in [0.1, 0.15) is 0 Å². The molecule has 28 heavy (non-hydrogen) atoms. The van der Waals surface area contributed by atoms with Gasteiger partial charge in [0.25, 0.3) is 0 Å². The fourth-order valence-corrected chi connectivity index (χ4v) is 3.65. The van der Waals surface area contributed by atoms with E-state index in [9.17, 15) is 0 Å². The Labute approximate surface area is 166 Å². The van der Waals surface area contributed by atoms with Crippen LogP contribution in [-0.2, 0) is 31.8 Å². The predicted octanol–water partition coefficient (Wildman–Crippen LogP) is 0.307. The molecule has 0 bridgehead atoms. The van der Waals surface area contributed by atoms with Crippen molar-refractivity contribution in [2.75, 3.05) is 19.8 Å². The van der Waals surface area contributed by atoms with E-state index in [1.54, 1.807) is 0 Å². The smallest absolute Gasteiger partial charge is 0.407 e. The minimum Gasteiger partial charge on any atom is -0.407 e. The van der Waals surface area contributed by atoms with Crippen LogP contribution in [0.2, 0.25) is 0 Å². The van der Waals surface area contributed by atoms with E-state index in [0.717, 1.165) is 10.9 Å². The quantitative estimate of drug-likeness (QED) is 0.609. The highest BCUT2D eigenvalue weighted by Gasteiger charge is 2.33. The van der Waals surface area contributed by atoms with Gasteiger partial charge in [-0.15, -0.1) is 0 Å². The van der Waals surface area contributed by atoms with Crippen LogP contribution >= 0.6 is 0 Å². The summed E-state index contributed by atoms with van der Waals surface area (Å²) in [6.07, 6.45) is 1.27. The Morgan fingerprint density at radius 2 is 1.29 bits per heavy atom. The minimum atomic E-state index is -0.545. The molecule has 0 aromatic heterocycles. The molecule has 0 saturated carbocycles. The van der Waals surface area contributed by atoms with Crippen molar-refractivity contribution >= 4 is 25.2 Å². The third-order valence-electron chi connectivity index (χ3n) is 5.54. The zero-order valence-corrected chi connectivity index (χ0v) is 16.0. The van der Waals surface area contributed by atoms with E-state index in [1.807, 2.05) is 36.4 Å². The van der Waals surface area contributed by atoms with Crippen molar-refractivity contribution in [1.29, 1.82) is 0 Å². The van der Waals surface area contributed by atoms with Crippen molar-refractivity contribution in [3.05, 3.63) is 59.7 Å². The summed E-state index contributed by atoms with van der Waals surface area (Å²) in [7, 11) is -0.643. The molecule has 0 amide bonds. The SMILES string of the molecule is NCC(N)(CCOB1OCc2ccccc21)CCOB1OCc2ccccc21. The van der Waals surface area contributed by atoms with Crippen LogP contribution in [0.3, 0.4) is 0 Å². The summed E-state index contributed by atoms with van der Waals surface area (Å²) < 4.78 is 23.3. The Kier molecular flexibility index (Phi) is 6.16. The van der Waals surface area contributed by atoms with Gasteiger partial charge < -0.3 is 30.1 Å². The molecule has 0 atom stereocenters. The van der Waals surface area contributed by atoms with Crippen molar-refractivity contribution in [1.82, 2.24) is 0 Å². The van der Waals surface area contributed by atoms with Crippen LogP contribution in [0.15, 0.2) is 48.5 Å². The Balaban J connectivity index is 1.23. The van der Waals surface area contributed by atoms with E-state index < -0.39 is 5.54 Å². The molecule has 4 N–H and O–H groups in total. The number of benzene rings is 2. The largest absolute Gasteiger partial charge is 0.494 e. The maximum absolute atomic E-state index is 6.49. The van der Waals surface area contributed by atoms with Gasteiger partial charge >= 0.3 is 14.2 Å². The van der Waals surface area contributed by atoms with Gasteiger partial charge in [-0.3, -0.25) is 0 Å². The first-order valence-electron chi connectivity index (χ1n) is 9.79. The molecule has 0 fully saturated rings. The minimum absolute atomic E-state index is 0.321. The van der Waals surface area contributed by atoms with Crippen LogP contribution in [0, 0.1) is 0 Å². The second-order valence-electron chi connectivity index (χ2n) is 7.49. The van der Waals surface area contributed by atoms with Gasteiger partial charge in [0.2, 0.25) is 0 Å². The summed E-state index contributed by atoms with van der Waals surface area (Å²) in [6.45, 7) is 2.50. The number of rotatable bonds is 9. The highest BCUT2D eigenvalue weighted by atomic mass is 16.6. The van der Waals surface area contributed by atoms with E-state index in [4.69, 9.17) is 30.1 Å². The van der Waals surface area contributed by atoms with Gasteiger partial charge in [-0.1, -0.05) is 48.5 Å². The maximum atomic E-state index is 6.49. The number of hydrogen-bond acceptors (Lipinski definition) is 6. The number of fused-ring (bicyclic) bond motifs is 2. The van der Waals surface area contributed by atoms with Crippen molar-refractivity contribution in [3.63, 3.8) is 0 Å². The van der Waals surface area contributed by atoms with Crippen LogP contribution < -0.4 is 22.4 Å². The Morgan fingerprint density at radius 1 is 0.821 bits per heavy atom. The molecule has 0 radical (unpaired) electrons. The fourth-order valence-electron chi connectivity index (χ4n) is 3.65. The fraction of sp³-hybridized carbons (Fsp3) is 0.400. The summed E-state index contributed by atoms with van der Waals surface area (Å²) in [4.78, 5) is 0. The molecule has 6 nitrogen and oxygen atoms in total. The topological polar surface area (TPSA) is 89.0 Å². The van der Waals surface area contributed by atoms with E-state index in [2.05, 4.69) is 12.1 Å². The first kappa shape index (κ1) is 19.6. The lowest BCUT2D eigenvalue weighted by molar-refractivity contribution is 0.166. The number of hydrogen-bond donors (Lipinski definition) is 2. The van der Waals surface area contributed by atoms with Crippen LogP contribution in [0.25, 0.3) is 0 Å². The molecule has 4 rings (SSSR count). The lowest BCUT2D eigenvalue weighted by Gasteiger charge is -2.28. The Morgan fingerprint density at radius 3 is 1.75 bits per heavy atom. The highest BCUT2D eigenvalue weighted by molar-refractivity contribution is 6.63. The van der Waals surface area contributed by atoms with Gasteiger partial charge in [0.15, 0.2) is 0 Å². The lowest BCUT2D eigenvalue weighted by atomic mass is 9.78. The third kappa shape index (κ3) is 4.33. The van der Waals surface area contributed by atoms with Gasteiger partial charge in [0, 0.05) is 25.3 Å². The normalized spacial score (nSPS) is 15.8. The second-order valence-corrected chi connectivity index (χ2v) is 7.49. The highest BCUT2D eigenvalue weighted by Crippen LogP contribution is 2.16. The standard InChI is InChI=1S/C20H26B2N2O4/c23-15-20(24,9-11-25-21-18-7-3-1-5-16(18)13-27-21)10-12-26-22-19-8-4-2-6-17(19)14-28-22/h1-8H,9-15,23-24H2. The third-order valence-corrected chi connectivity index (χ3v) is 5.54. The van der Waals surface area contributed by atoms with E-state index in [1.165, 1.54) is 11.1 Å². The molecule has 8 heteroatoms. The maximum Gasteiger partial charge on any atom is 0.494 e. The molecule has 0 aliphatic carbocycles. The molecule has 146 valence electrons. The summed E-state index contributed by atoms with van der Waals surface area (Å²) >= 11 is 0. The summed E-state index contributed by atoms with van der Waals surface area (Å²) in [5.41, 5.74) is 16.4. The molecule has 0 unspecified atom stereocenters. The molecule has 0 saturated heterocycles. The molecule has 0 spiro atoms. The average Bonchev–Trinajstić information content (AvgIpc) is 3.33. The van der Waals surface area contributed by atoms with Crippen molar-refractivity contribution in [3.8, 4) is 0 Å². The van der Waals surface area contributed by atoms with E-state index in [-0.39, 0.29) is 14.2 Å². The lowest BCUT2D eigenvalue weighted by Crippen LogP contribution is -2.50. The molecule has 2 aliphatic rings. The first-order valence-corrected chi connectivity index (χ1v) is 9.79. The van der Waals surface area contributed by atoms with Gasteiger partial charge in [-0.05, 0) is 34.9 Å². The predicted molar refractivity (Wildman–Crippen MR) is 110 cm³/mol. The molecular formula is C20H26B2N2O4. The van der Waals surface area contributed by atoms with Crippen LogP contribution in [0.1, 0.15) is 24.0 Å². The van der Waals surface area contributed by atoms with Crippen LogP contribution in [0.4, 0.5) is 0 Å². The molecule has 2 aliphatic heterocycles. The van der Waals surface area contributed by atoms with E-state index in [0.29, 0.717) is 45.8 Å². The molecule has 2 heterocycles.